The van der Waals surface area contributed by atoms with E-state index in [9.17, 15) is 24.1 Å². The molecule has 1 unspecified atom stereocenters. The lowest BCUT2D eigenvalue weighted by Crippen LogP contribution is -2.39. The van der Waals surface area contributed by atoms with Gasteiger partial charge in [0.05, 0.1) is 28.9 Å². The van der Waals surface area contributed by atoms with E-state index in [0.29, 0.717) is 28.1 Å². The largest absolute Gasteiger partial charge is 0.496 e. The van der Waals surface area contributed by atoms with Gasteiger partial charge in [-0.3, -0.25) is 19.7 Å². The number of halogens is 1. The third-order valence-corrected chi connectivity index (χ3v) is 8.56. The molecule has 1 saturated carbocycles. The smallest absolute Gasteiger partial charge is 0.420 e. The number of rotatable bonds is 12. The van der Waals surface area contributed by atoms with Crippen LogP contribution in [0.4, 0.5) is 10.5 Å². The fourth-order valence-corrected chi connectivity index (χ4v) is 5.97. The summed E-state index contributed by atoms with van der Waals surface area (Å²) >= 11 is 6.41. The zero-order valence-electron chi connectivity index (χ0n) is 24.1. The molecule has 13 nitrogen and oxygen atoms in total. The van der Waals surface area contributed by atoms with E-state index in [1.807, 2.05) is 0 Å². The molecule has 45 heavy (non-hydrogen) atoms. The van der Waals surface area contributed by atoms with E-state index in [2.05, 4.69) is 25.8 Å². The zero-order chi connectivity index (χ0) is 32.1. The number of carboxylic acid groups (broad SMARTS) is 1. The molecular formula is C30H29ClN5O8P. The number of fused-ring (bicyclic) bond motifs is 1. The molecule has 3 aromatic carbocycles. The molecule has 0 aliphatic heterocycles. The molecule has 3 amide bonds. The normalized spacial score (nSPS) is 14.5. The number of para-hydroxylation sites is 1. The third kappa shape index (κ3) is 8.01. The Balaban J connectivity index is 1.42. The number of hydrogen-bond donors (Lipinski definition) is 5. The molecule has 1 heterocycles. The van der Waals surface area contributed by atoms with Gasteiger partial charge in [0.2, 0.25) is 0 Å². The number of carbonyl (C=O) groups is 3. The summed E-state index contributed by atoms with van der Waals surface area (Å²) in [6.07, 6.45) is 3.41. The fraction of sp³-hybridized carbons (Fsp3) is 0.200. The number of amides is 3. The summed E-state index contributed by atoms with van der Waals surface area (Å²) < 4.78 is 30.9. The predicted molar refractivity (Wildman–Crippen MR) is 167 cm³/mol. The second-order valence-electron chi connectivity index (χ2n) is 10.1. The van der Waals surface area contributed by atoms with Crippen molar-refractivity contribution < 1.29 is 38.1 Å². The average Bonchev–Trinajstić information content (AvgIpc) is 3.82. The van der Waals surface area contributed by atoms with Crippen LogP contribution in [0.5, 0.6) is 23.0 Å². The van der Waals surface area contributed by atoms with Crippen LogP contribution in [-0.4, -0.2) is 47.2 Å². The van der Waals surface area contributed by atoms with Gasteiger partial charge in [-0.15, -0.1) is 0 Å². The van der Waals surface area contributed by atoms with Crippen LogP contribution in [-0.2, 0) is 9.36 Å². The molecular weight excluding hydrogens is 625 g/mol. The molecule has 1 fully saturated rings. The van der Waals surface area contributed by atoms with Crippen LogP contribution in [0.2, 0.25) is 5.02 Å². The summed E-state index contributed by atoms with van der Waals surface area (Å²) in [5.74, 6) is -1.29. The fourth-order valence-electron chi connectivity index (χ4n) is 4.16. The molecule has 1 aliphatic carbocycles. The Kier molecular flexibility index (Phi) is 9.43. The molecule has 1 aliphatic rings. The van der Waals surface area contributed by atoms with Gasteiger partial charge >= 0.3 is 19.7 Å². The highest BCUT2D eigenvalue weighted by Crippen LogP contribution is 2.41. The summed E-state index contributed by atoms with van der Waals surface area (Å²) in [5.41, 5.74) is 0.769. The Morgan fingerprint density at radius 1 is 1.02 bits per heavy atom. The number of carbonyl (C=O) groups excluding carboxylic acids is 2. The van der Waals surface area contributed by atoms with Gasteiger partial charge < -0.3 is 29.7 Å². The number of nitrogens with zero attached hydrogens (tertiary/aromatic N) is 1. The number of benzene rings is 3. The average molecular weight is 654 g/mol. The lowest BCUT2D eigenvalue weighted by molar-refractivity contribution is -0.138. The van der Waals surface area contributed by atoms with Gasteiger partial charge in [0.25, 0.3) is 5.91 Å². The van der Waals surface area contributed by atoms with Crippen molar-refractivity contribution in [1.82, 2.24) is 20.5 Å². The first kappa shape index (κ1) is 31.6. The molecule has 0 spiro atoms. The molecule has 0 radical (unpaired) electrons. The summed E-state index contributed by atoms with van der Waals surface area (Å²) in [5, 5.41) is 20.3. The highest BCUT2D eigenvalue weighted by molar-refractivity contribution is 7.56. The predicted octanol–water partition coefficient (Wildman–Crippen LogP) is 5.95. The molecule has 4 aromatic rings. The highest BCUT2D eigenvalue weighted by atomic mass is 35.5. The Morgan fingerprint density at radius 3 is 2.44 bits per heavy atom. The number of aromatic nitrogens is 1. The first-order valence-corrected chi connectivity index (χ1v) is 15.7. The van der Waals surface area contributed by atoms with Crippen LogP contribution in [0, 0.1) is 0 Å². The van der Waals surface area contributed by atoms with Crippen LogP contribution in [0.1, 0.15) is 30.1 Å². The first-order chi connectivity index (χ1) is 21.5. The van der Waals surface area contributed by atoms with Crippen LogP contribution < -0.4 is 34.8 Å². The standard InChI is InChI=1S/C30H29ClN5O8P/c1-17(29(38)39)35-45(41,44-19-6-4-3-5-7-19)36-28(37)22-15-21-25(16-27(22)42-2)32-13-12-26(21)43-20-10-11-24(23(31)14-20)34-30(40)33-18-8-9-18/h3-7,10-18H,8-9H2,1-2H3,(H,38,39)(H2,33,34,40)(H2,35,36,37,41)/t17-,45?/m0/s1. The van der Waals surface area contributed by atoms with Crippen molar-refractivity contribution in [3.63, 3.8) is 0 Å². The monoisotopic (exact) mass is 653 g/mol. The van der Waals surface area contributed by atoms with E-state index in [1.165, 1.54) is 50.6 Å². The number of ether oxygens (including phenoxy) is 2. The number of aliphatic carboxylic acids is 1. The summed E-state index contributed by atoms with van der Waals surface area (Å²) in [6.45, 7) is 1.26. The van der Waals surface area contributed by atoms with Gasteiger partial charge in [-0.25, -0.2) is 14.4 Å². The Hall–Kier alpha value is -4.84. The maximum Gasteiger partial charge on any atom is 0.420 e. The molecule has 2 atom stereocenters. The van der Waals surface area contributed by atoms with Crippen molar-refractivity contribution in [3.05, 3.63) is 83.5 Å². The molecule has 234 valence electrons. The Labute approximate surface area is 262 Å². The zero-order valence-corrected chi connectivity index (χ0v) is 25.7. The lowest BCUT2D eigenvalue weighted by atomic mass is 10.1. The number of pyridine rings is 1. The van der Waals surface area contributed by atoms with Crippen molar-refractivity contribution in [1.29, 1.82) is 0 Å². The van der Waals surface area contributed by atoms with E-state index in [-0.39, 0.29) is 34.2 Å². The van der Waals surface area contributed by atoms with Gasteiger partial charge in [-0.05, 0) is 56.2 Å². The van der Waals surface area contributed by atoms with Gasteiger partial charge in [0.1, 0.15) is 29.0 Å². The van der Waals surface area contributed by atoms with Crippen LogP contribution >= 0.6 is 19.3 Å². The number of anilines is 1. The van der Waals surface area contributed by atoms with Crippen LogP contribution in [0.15, 0.2) is 72.9 Å². The first-order valence-electron chi connectivity index (χ1n) is 13.7. The van der Waals surface area contributed by atoms with Crippen molar-refractivity contribution in [2.24, 2.45) is 0 Å². The second-order valence-corrected chi connectivity index (χ2v) is 12.3. The molecule has 0 saturated heterocycles. The third-order valence-electron chi connectivity index (χ3n) is 6.56. The Morgan fingerprint density at radius 2 is 1.78 bits per heavy atom. The van der Waals surface area contributed by atoms with Gasteiger partial charge in [0, 0.05) is 29.8 Å². The Bertz CT molecular complexity index is 1800. The van der Waals surface area contributed by atoms with Crippen molar-refractivity contribution in [2.45, 2.75) is 31.8 Å². The van der Waals surface area contributed by atoms with Gasteiger partial charge in [0.15, 0.2) is 0 Å². The maximum atomic E-state index is 13.8. The van der Waals surface area contributed by atoms with Gasteiger partial charge in [-0.2, -0.15) is 0 Å². The molecule has 1 aromatic heterocycles. The molecule has 15 heteroatoms. The highest BCUT2D eigenvalue weighted by Gasteiger charge is 2.33. The van der Waals surface area contributed by atoms with Crippen LogP contribution in [0.3, 0.4) is 0 Å². The molecule has 5 rings (SSSR count). The van der Waals surface area contributed by atoms with Gasteiger partial charge in [-0.1, -0.05) is 29.8 Å². The minimum atomic E-state index is -4.34. The van der Waals surface area contributed by atoms with Crippen molar-refractivity contribution >= 4 is 53.8 Å². The second kappa shape index (κ2) is 13.4. The SMILES string of the molecule is COc1cc2nccc(Oc3ccc(NC(=O)NC4CC4)c(Cl)c3)c2cc1C(=O)NP(=O)(N[C@@H](C)C(=O)O)Oc1ccccc1. The minimum absolute atomic E-state index is 0.0521. The maximum absolute atomic E-state index is 13.8. The number of methoxy groups -OCH3 is 1. The summed E-state index contributed by atoms with van der Waals surface area (Å²) in [6, 6.07) is 15.8. The number of hydrogen-bond acceptors (Lipinski definition) is 8. The van der Waals surface area contributed by atoms with E-state index in [4.69, 9.17) is 25.6 Å². The molecule has 5 N–H and O–H groups in total. The molecule has 0 bridgehead atoms. The van der Waals surface area contributed by atoms with Crippen LogP contribution in [0.25, 0.3) is 10.9 Å². The van der Waals surface area contributed by atoms with E-state index >= 15 is 0 Å². The minimum Gasteiger partial charge on any atom is -0.496 e. The van der Waals surface area contributed by atoms with Crippen molar-refractivity contribution in [2.75, 3.05) is 12.4 Å². The number of nitrogens with one attached hydrogen (secondary N) is 4. The van der Waals surface area contributed by atoms with E-state index < -0.39 is 25.6 Å². The van der Waals surface area contributed by atoms with E-state index in [0.717, 1.165) is 12.8 Å². The van der Waals surface area contributed by atoms with E-state index in [1.54, 1.807) is 36.4 Å². The summed E-state index contributed by atoms with van der Waals surface area (Å²) in [7, 11) is -2.98. The quantitative estimate of drug-likeness (QED) is 0.115. The summed E-state index contributed by atoms with van der Waals surface area (Å²) in [4.78, 5) is 41.6. The number of carboxylic acids is 1. The topological polar surface area (TPSA) is 177 Å². The lowest BCUT2D eigenvalue weighted by Gasteiger charge is -2.23. The number of urea groups is 1. The van der Waals surface area contributed by atoms with Crippen molar-refractivity contribution in [3.8, 4) is 23.0 Å².